The van der Waals surface area contributed by atoms with Gasteiger partial charge in [-0.2, -0.15) is 4.68 Å². The zero-order valence-electron chi connectivity index (χ0n) is 6.31. The molecule has 0 saturated carbocycles. The maximum absolute atomic E-state index is 11.1. The standard InChI is InChI=1S/C6H4ClN5O/c7-5-4(2-1-3-8-5)12-6(13)9-10-11-12/h1-3H,(H,9,11,13). The number of nitrogens with zero attached hydrogens (tertiary/aromatic N) is 4. The van der Waals surface area contributed by atoms with Gasteiger partial charge in [0.1, 0.15) is 5.69 Å². The van der Waals surface area contributed by atoms with Crippen molar-refractivity contribution in [3.05, 3.63) is 34.0 Å². The van der Waals surface area contributed by atoms with E-state index in [0.717, 1.165) is 4.68 Å². The summed E-state index contributed by atoms with van der Waals surface area (Å²) < 4.78 is 1.04. The van der Waals surface area contributed by atoms with E-state index in [2.05, 4.69) is 20.5 Å². The van der Waals surface area contributed by atoms with Crippen LogP contribution in [0.3, 0.4) is 0 Å². The second-order valence-electron chi connectivity index (χ2n) is 2.23. The van der Waals surface area contributed by atoms with Gasteiger partial charge in [-0.1, -0.05) is 11.6 Å². The zero-order chi connectivity index (χ0) is 9.26. The normalized spacial score (nSPS) is 10.2. The van der Waals surface area contributed by atoms with E-state index in [1.165, 1.54) is 6.20 Å². The summed E-state index contributed by atoms with van der Waals surface area (Å²) in [6, 6.07) is 3.28. The molecule has 0 unspecified atom stereocenters. The van der Waals surface area contributed by atoms with Crippen LogP contribution in [0.2, 0.25) is 5.15 Å². The van der Waals surface area contributed by atoms with Crippen molar-refractivity contribution in [3.63, 3.8) is 0 Å². The molecule has 0 spiro atoms. The Morgan fingerprint density at radius 1 is 1.54 bits per heavy atom. The van der Waals surface area contributed by atoms with Crippen molar-refractivity contribution in [1.82, 2.24) is 25.2 Å². The van der Waals surface area contributed by atoms with Crippen molar-refractivity contribution < 1.29 is 0 Å². The minimum absolute atomic E-state index is 0.207. The van der Waals surface area contributed by atoms with Gasteiger partial charge in [0.15, 0.2) is 5.15 Å². The first-order valence-electron chi connectivity index (χ1n) is 3.40. The lowest BCUT2D eigenvalue weighted by Crippen LogP contribution is -2.16. The molecular formula is C6H4ClN5O. The number of hydrogen-bond donors (Lipinski definition) is 1. The summed E-state index contributed by atoms with van der Waals surface area (Å²) >= 11 is 5.74. The molecule has 0 amide bonds. The lowest BCUT2D eigenvalue weighted by Gasteiger charge is -1.97. The molecule has 0 aromatic carbocycles. The van der Waals surface area contributed by atoms with Crippen LogP contribution in [0.25, 0.3) is 5.69 Å². The molecule has 2 heterocycles. The molecule has 6 nitrogen and oxygen atoms in total. The van der Waals surface area contributed by atoms with E-state index in [4.69, 9.17) is 11.6 Å². The van der Waals surface area contributed by atoms with Gasteiger partial charge < -0.3 is 0 Å². The Kier molecular flexibility index (Phi) is 1.82. The van der Waals surface area contributed by atoms with E-state index in [-0.39, 0.29) is 5.15 Å². The summed E-state index contributed by atoms with van der Waals surface area (Å²) in [7, 11) is 0. The highest BCUT2D eigenvalue weighted by Gasteiger charge is 2.06. The number of rotatable bonds is 1. The number of pyridine rings is 1. The van der Waals surface area contributed by atoms with Crippen LogP contribution in [0, 0.1) is 0 Å². The van der Waals surface area contributed by atoms with Gasteiger partial charge in [-0.15, -0.1) is 0 Å². The van der Waals surface area contributed by atoms with E-state index in [1.807, 2.05) is 0 Å². The van der Waals surface area contributed by atoms with Crippen molar-refractivity contribution in [3.8, 4) is 5.69 Å². The number of hydrogen-bond acceptors (Lipinski definition) is 4. The van der Waals surface area contributed by atoms with Gasteiger partial charge >= 0.3 is 5.69 Å². The second kappa shape index (κ2) is 2.98. The molecule has 2 aromatic rings. The average molecular weight is 198 g/mol. The highest BCUT2D eigenvalue weighted by Crippen LogP contribution is 2.12. The summed E-state index contributed by atoms with van der Waals surface area (Å²) in [5.74, 6) is 0. The monoisotopic (exact) mass is 197 g/mol. The summed E-state index contributed by atoms with van der Waals surface area (Å²) in [5.41, 5.74) is -0.0437. The van der Waals surface area contributed by atoms with Crippen LogP contribution in [-0.2, 0) is 0 Å². The molecule has 13 heavy (non-hydrogen) atoms. The van der Waals surface area contributed by atoms with Crippen LogP contribution in [-0.4, -0.2) is 25.2 Å². The fraction of sp³-hybridized carbons (Fsp3) is 0. The number of H-pyrrole nitrogens is 1. The molecule has 2 rings (SSSR count). The van der Waals surface area contributed by atoms with Crippen LogP contribution in [0.5, 0.6) is 0 Å². The first-order valence-corrected chi connectivity index (χ1v) is 3.78. The lowest BCUT2D eigenvalue weighted by molar-refractivity contribution is 0.776. The Labute approximate surface area is 77.2 Å². The first-order chi connectivity index (χ1) is 6.29. The van der Waals surface area contributed by atoms with E-state index < -0.39 is 5.69 Å². The van der Waals surface area contributed by atoms with Crippen LogP contribution < -0.4 is 5.69 Å². The molecule has 0 aliphatic rings. The third kappa shape index (κ3) is 1.31. The summed E-state index contributed by atoms with van der Waals surface area (Å²) in [6.45, 7) is 0. The molecule has 0 atom stereocenters. The number of halogens is 1. The number of nitrogens with one attached hydrogen (secondary N) is 1. The van der Waals surface area contributed by atoms with Gasteiger partial charge in [-0.05, 0) is 22.6 Å². The van der Waals surface area contributed by atoms with Gasteiger partial charge in [0.25, 0.3) is 0 Å². The molecular weight excluding hydrogens is 194 g/mol. The lowest BCUT2D eigenvalue weighted by atomic mass is 10.4. The quantitative estimate of drug-likeness (QED) is 0.653. The molecule has 0 saturated heterocycles. The Hall–Kier alpha value is -1.69. The highest BCUT2D eigenvalue weighted by atomic mass is 35.5. The van der Waals surface area contributed by atoms with Gasteiger partial charge in [-0.25, -0.2) is 14.9 Å². The Bertz CT molecular complexity index is 476. The zero-order valence-corrected chi connectivity index (χ0v) is 7.06. The van der Waals surface area contributed by atoms with Gasteiger partial charge in [0, 0.05) is 6.20 Å². The molecule has 0 radical (unpaired) electrons. The van der Waals surface area contributed by atoms with E-state index >= 15 is 0 Å². The van der Waals surface area contributed by atoms with Gasteiger partial charge in [0.2, 0.25) is 0 Å². The number of tetrazole rings is 1. The number of aromatic amines is 1. The summed E-state index contributed by atoms with van der Waals surface area (Å²) in [5, 5.41) is 9.21. The summed E-state index contributed by atoms with van der Waals surface area (Å²) in [4.78, 5) is 14.9. The van der Waals surface area contributed by atoms with Crippen LogP contribution in [0.15, 0.2) is 23.1 Å². The van der Waals surface area contributed by atoms with Crippen molar-refractivity contribution in [2.45, 2.75) is 0 Å². The molecule has 0 bridgehead atoms. The Balaban J connectivity index is 2.66. The van der Waals surface area contributed by atoms with E-state index in [0.29, 0.717) is 5.69 Å². The van der Waals surface area contributed by atoms with Gasteiger partial charge in [0.05, 0.1) is 0 Å². The van der Waals surface area contributed by atoms with Crippen molar-refractivity contribution in [2.75, 3.05) is 0 Å². The predicted octanol–water partition coefficient (Wildman–Crippen LogP) is 0.00400. The van der Waals surface area contributed by atoms with Crippen LogP contribution in [0.1, 0.15) is 0 Å². The molecule has 0 aliphatic heterocycles. The van der Waals surface area contributed by atoms with Crippen molar-refractivity contribution in [1.29, 1.82) is 0 Å². The Morgan fingerprint density at radius 2 is 2.38 bits per heavy atom. The van der Waals surface area contributed by atoms with E-state index in [1.54, 1.807) is 12.1 Å². The minimum atomic E-state index is -0.449. The van der Waals surface area contributed by atoms with Crippen LogP contribution in [0.4, 0.5) is 0 Å². The second-order valence-corrected chi connectivity index (χ2v) is 2.59. The molecule has 66 valence electrons. The fourth-order valence-electron chi connectivity index (χ4n) is 0.891. The third-order valence-corrected chi connectivity index (χ3v) is 1.73. The summed E-state index contributed by atoms with van der Waals surface area (Å²) in [6.07, 6.45) is 1.52. The Morgan fingerprint density at radius 3 is 3.00 bits per heavy atom. The predicted molar refractivity (Wildman–Crippen MR) is 44.8 cm³/mol. The first kappa shape index (κ1) is 7.93. The largest absolute Gasteiger partial charge is 0.365 e. The molecule has 0 aliphatic carbocycles. The van der Waals surface area contributed by atoms with Crippen LogP contribution >= 0.6 is 11.6 Å². The average Bonchev–Trinajstić information content (AvgIpc) is 2.52. The molecule has 2 aromatic heterocycles. The third-order valence-electron chi connectivity index (χ3n) is 1.44. The smallest absolute Gasteiger partial charge is 0.244 e. The maximum atomic E-state index is 11.1. The van der Waals surface area contributed by atoms with E-state index in [9.17, 15) is 4.79 Å². The molecule has 0 fully saturated rings. The molecule has 1 N–H and O–H groups in total. The van der Waals surface area contributed by atoms with Gasteiger partial charge in [-0.3, -0.25) is 0 Å². The van der Waals surface area contributed by atoms with Crippen molar-refractivity contribution in [2.24, 2.45) is 0 Å². The highest BCUT2D eigenvalue weighted by molar-refractivity contribution is 6.31. The fourth-order valence-corrected chi connectivity index (χ4v) is 1.09. The SMILES string of the molecule is O=c1[nH]nnn1-c1cccnc1Cl. The van der Waals surface area contributed by atoms with Crippen molar-refractivity contribution >= 4 is 11.6 Å². The molecule has 7 heteroatoms. The number of aromatic nitrogens is 5. The minimum Gasteiger partial charge on any atom is -0.244 e. The topological polar surface area (TPSA) is 76.5 Å². The maximum Gasteiger partial charge on any atom is 0.365 e.